The second-order valence-corrected chi connectivity index (χ2v) is 7.02. The van der Waals surface area contributed by atoms with Crippen LogP contribution in [0.25, 0.3) is 0 Å². The fraction of sp³-hybridized carbons (Fsp3) is 0.706. The zero-order chi connectivity index (χ0) is 17.1. The van der Waals surface area contributed by atoms with E-state index in [0.717, 1.165) is 44.7 Å². The van der Waals surface area contributed by atoms with Crippen molar-refractivity contribution in [1.29, 1.82) is 0 Å². The largest absolute Gasteiger partial charge is 0.471 e. The van der Waals surface area contributed by atoms with Crippen LogP contribution in [0.15, 0.2) is 12.4 Å². The van der Waals surface area contributed by atoms with Gasteiger partial charge in [0.1, 0.15) is 6.10 Å². The van der Waals surface area contributed by atoms with E-state index in [1.54, 1.807) is 12.4 Å². The predicted molar refractivity (Wildman–Crippen MR) is 92.2 cm³/mol. The molecule has 1 amide bonds. The molecule has 2 aliphatic heterocycles. The van der Waals surface area contributed by atoms with Crippen molar-refractivity contribution < 1.29 is 9.53 Å². The van der Waals surface area contributed by atoms with Crippen LogP contribution in [0.1, 0.15) is 19.3 Å². The van der Waals surface area contributed by atoms with Gasteiger partial charge in [-0.2, -0.15) is 4.98 Å². The van der Waals surface area contributed by atoms with Gasteiger partial charge in [-0.15, -0.1) is 0 Å². The smallest absolute Gasteiger partial charge is 0.234 e. The molecule has 1 aromatic rings. The highest BCUT2D eigenvalue weighted by molar-refractivity contribution is 5.79. The topological polar surface area (TPSA) is 61.8 Å². The van der Waals surface area contributed by atoms with Crippen molar-refractivity contribution in [3.8, 4) is 5.88 Å². The zero-order valence-corrected chi connectivity index (χ0v) is 14.8. The van der Waals surface area contributed by atoms with E-state index in [9.17, 15) is 4.79 Å². The van der Waals surface area contributed by atoms with Crippen molar-refractivity contribution in [2.24, 2.45) is 5.92 Å². The van der Waals surface area contributed by atoms with E-state index in [1.165, 1.54) is 0 Å². The molecule has 2 atom stereocenters. The molecule has 7 nitrogen and oxygen atoms in total. The normalized spacial score (nSPS) is 24.9. The molecule has 24 heavy (non-hydrogen) atoms. The summed E-state index contributed by atoms with van der Waals surface area (Å²) in [6.45, 7) is 3.38. The van der Waals surface area contributed by atoms with Gasteiger partial charge >= 0.3 is 0 Å². The van der Waals surface area contributed by atoms with Gasteiger partial charge in [-0.25, -0.2) is 0 Å². The minimum Gasteiger partial charge on any atom is -0.471 e. The maximum Gasteiger partial charge on any atom is 0.234 e. The third-order valence-corrected chi connectivity index (χ3v) is 4.78. The molecule has 0 radical (unpaired) electrons. The monoisotopic (exact) mass is 333 g/mol. The van der Waals surface area contributed by atoms with Crippen molar-refractivity contribution in [2.75, 3.05) is 52.2 Å². The SMILES string of the molecule is CN1CCC[C@H](C(=O)N2CC[C@H](Oc3cncc(N(C)C)n3)C2)C1. The number of hydrogen-bond acceptors (Lipinski definition) is 6. The molecule has 7 heteroatoms. The number of rotatable bonds is 4. The standard InChI is InChI=1S/C17H27N5O2/c1-20(2)15-9-18-10-16(19-15)24-14-6-8-22(12-14)17(23)13-5-4-7-21(3)11-13/h9-10,13-14H,4-8,11-12H2,1-3H3/t13-,14-/m0/s1. The molecule has 0 spiro atoms. The molecule has 0 saturated carbocycles. The molecule has 3 rings (SSSR count). The average molecular weight is 333 g/mol. The molecule has 2 saturated heterocycles. The van der Waals surface area contributed by atoms with E-state index in [0.29, 0.717) is 12.4 Å². The van der Waals surface area contributed by atoms with Gasteiger partial charge in [0, 0.05) is 33.6 Å². The van der Waals surface area contributed by atoms with Gasteiger partial charge in [-0.1, -0.05) is 0 Å². The predicted octanol–water partition coefficient (Wildman–Crippen LogP) is 0.864. The second kappa shape index (κ2) is 7.34. The van der Waals surface area contributed by atoms with Crippen molar-refractivity contribution in [2.45, 2.75) is 25.4 Å². The highest BCUT2D eigenvalue weighted by atomic mass is 16.5. The number of likely N-dealkylation sites (tertiary alicyclic amines) is 2. The minimum atomic E-state index is 0.00184. The molecular weight excluding hydrogens is 306 g/mol. The zero-order valence-electron chi connectivity index (χ0n) is 14.8. The maximum absolute atomic E-state index is 12.7. The van der Waals surface area contributed by atoms with E-state index in [4.69, 9.17) is 4.74 Å². The van der Waals surface area contributed by atoms with Gasteiger partial charge in [-0.3, -0.25) is 9.78 Å². The van der Waals surface area contributed by atoms with E-state index in [2.05, 4.69) is 21.9 Å². The maximum atomic E-state index is 12.7. The summed E-state index contributed by atoms with van der Waals surface area (Å²) in [5.74, 6) is 1.71. The van der Waals surface area contributed by atoms with Crippen LogP contribution in [0.3, 0.4) is 0 Å². The van der Waals surface area contributed by atoms with Gasteiger partial charge < -0.3 is 19.4 Å². The lowest BCUT2D eigenvalue weighted by Crippen LogP contribution is -2.43. The quantitative estimate of drug-likeness (QED) is 0.815. The first-order valence-electron chi connectivity index (χ1n) is 8.66. The number of carbonyl (C=O) groups excluding carboxylic acids is 1. The van der Waals surface area contributed by atoms with E-state index >= 15 is 0 Å². The molecule has 0 unspecified atom stereocenters. The Bertz CT molecular complexity index is 580. The summed E-state index contributed by atoms with van der Waals surface area (Å²) in [4.78, 5) is 27.4. The lowest BCUT2D eigenvalue weighted by molar-refractivity contribution is -0.136. The molecule has 3 heterocycles. The summed E-state index contributed by atoms with van der Waals surface area (Å²) in [6, 6.07) is 0. The number of anilines is 1. The van der Waals surface area contributed by atoms with E-state index in [1.807, 2.05) is 23.9 Å². The van der Waals surface area contributed by atoms with Crippen LogP contribution in [0.2, 0.25) is 0 Å². The van der Waals surface area contributed by atoms with Crippen LogP contribution in [-0.4, -0.2) is 79.1 Å². The molecular formula is C17H27N5O2. The van der Waals surface area contributed by atoms with Crippen molar-refractivity contribution in [1.82, 2.24) is 19.8 Å². The fourth-order valence-electron chi connectivity index (χ4n) is 3.43. The highest BCUT2D eigenvalue weighted by Gasteiger charge is 2.33. The minimum absolute atomic E-state index is 0.00184. The van der Waals surface area contributed by atoms with Crippen LogP contribution >= 0.6 is 0 Å². The van der Waals surface area contributed by atoms with Gasteiger partial charge in [0.2, 0.25) is 11.8 Å². The first-order chi connectivity index (χ1) is 11.5. The number of aromatic nitrogens is 2. The first kappa shape index (κ1) is 17.0. The van der Waals surface area contributed by atoms with Gasteiger partial charge in [0.25, 0.3) is 0 Å². The second-order valence-electron chi connectivity index (χ2n) is 7.02. The Morgan fingerprint density at radius 2 is 2.08 bits per heavy atom. The molecule has 2 aliphatic rings. The Kier molecular flexibility index (Phi) is 5.18. The fourth-order valence-corrected chi connectivity index (χ4v) is 3.43. The lowest BCUT2D eigenvalue weighted by Gasteiger charge is -2.31. The molecule has 132 valence electrons. The Balaban J connectivity index is 1.55. The number of nitrogens with zero attached hydrogens (tertiary/aromatic N) is 5. The molecule has 0 bridgehead atoms. The van der Waals surface area contributed by atoms with Crippen molar-refractivity contribution in [3.63, 3.8) is 0 Å². The summed E-state index contributed by atoms with van der Waals surface area (Å²) in [5.41, 5.74) is 0. The van der Waals surface area contributed by atoms with Crippen LogP contribution in [0.5, 0.6) is 5.88 Å². The number of carbonyl (C=O) groups is 1. The van der Waals surface area contributed by atoms with Crippen LogP contribution in [0, 0.1) is 5.92 Å². The summed E-state index contributed by atoms with van der Waals surface area (Å²) in [6.07, 6.45) is 6.30. The summed E-state index contributed by atoms with van der Waals surface area (Å²) in [7, 11) is 5.93. The van der Waals surface area contributed by atoms with Crippen molar-refractivity contribution in [3.05, 3.63) is 12.4 Å². The number of piperidine rings is 1. The molecule has 1 aromatic heterocycles. The Hall–Kier alpha value is -1.89. The summed E-state index contributed by atoms with van der Waals surface area (Å²) < 4.78 is 5.95. The Labute approximate surface area is 143 Å². The average Bonchev–Trinajstić information content (AvgIpc) is 3.03. The third-order valence-electron chi connectivity index (χ3n) is 4.78. The molecule has 0 aliphatic carbocycles. The molecule has 0 N–H and O–H groups in total. The van der Waals surface area contributed by atoms with Gasteiger partial charge in [0.15, 0.2) is 5.82 Å². The molecule has 2 fully saturated rings. The van der Waals surface area contributed by atoms with Crippen LogP contribution in [0.4, 0.5) is 5.82 Å². The van der Waals surface area contributed by atoms with Crippen LogP contribution < -0.4 is 9.64 Å². The van der Waals surface area contributed by atoms with Crippen LogP contribution in [-0.2, 0) is 4.79 Å². The van der Waals surface area contributed by atoms with E-state index in [-0.39, 0.29) is 17.9 Å². The van der Waals surface area contributed by atoms with Crippen molar-refractivity contribution >= 4 is 11.7 Å². The highest BCUT2D eigenvalue weighted by Crippen LogP contribution is 2.23. The van der Waals surface area contributed by atoms with Gasteiger partial charge in [-0.05, 0) is 26.4 Å². The summed E-state index contributed by atoms with van der Waals surface area (Å²) in [5, 5.41) is 0. The van der Waals surface area contributed by atoms with Gasteiger partial charge in [0.05, 0.1) is 24.9 Å². The Morgan fingerprint density at radius 1 is 1.25 bits per heavy atom. The third kappa shape index (κ3) is 3.95. The lowest BCUT2D eigenvalue weighted by atomic mass is 9.97. The number of amides is 1. The Morgan fingerprint density at radius 3 is 2.83 bits per heavy atom. The number of ether oxygens (including phenoxy) is 1. The van der Waals surface area contributed by atoms with E-state index < -0.39 is 0 Å². The number of hydrogen-bond donors (Lipinski definition) is 0. The summed E-state index contributed by atoms with van der Waals surface area (Å²) >= 11 is 0. The molecule has 0 aromatic carbocycles. The first-order valence-corrected chi connectivity index (χ1v) is 8.66.